The van der Waals surface area contributed by atoms with E-state index in [0.717, 1.165) is 0 Å². The summed E-state index contributed by atoms with van der Waals surface area (Å²) in [5.41, 5.74) is 0.553. The second-order valence-corrected chi connectivity index (χ2v) is 3.61. The number of benzene rings is 1. The Hall–Kier alpha value is -1.75. The van der Waals surface area contributed by atoms with Crippen LogP contribution in [-0.2, 0) is 4.79 Å². The number of hydrogen-bond donors (Lipinski definition) is 1. The Morgan fingerprint density at radius 2 is 2.00 bits per heavy atom. The van der Waals surface area contributed by atoms with Crippen molar-refractivity contribution in [2.24, 2.45) is 0 Å². The molecule has 0 saturated carbocycles. The summed E-state index contributed by atoms with van der Waals surface area (Å²) in [4.78, 5) is 13.0. The van der Waals surface area contributed by atoms with E-state index in [9.17, 15) is 9.90 Å². The summed E-state index contributed by atoms with van der Waals surface area (Å²) in [6.45, 7) is 1.42. The zero-order chi connectivity index (χ0) is 13.0. The fraction of sp³-hybridized carbons (Fsp3) is 0.417. The SMILES string of the molecule is COc1ccc(OC)c(N(C)C(=O)C(C)O)c1. The minimum atomic E-state index is -1.06. The maximum absolute atomic E-state index is 11.7. The van der Waals surface area contributed by atoms with Crippen LogP contribution in [0.3, 0.4) is 0 Å². The first-order valence-corrected chi connectivity index (χ1v) is 5.19. The van der Waals surface area contributed by atoms with Gasteiger partial charge in [0.2, 0.25) is 0 Å². The van der Waals surface area contributed by atoms with Gasteiger partial charge in [-0.25, -0.2) is 0 Å². The minimum Gasteiger partial charge on any atom is -0.497 e. The number of rotatable bonds is 4. The number of anilines is 1. The Balaban J connectivity index is 3.13. The zero-order valence-corrected chi connectivity index (χ0v) is 10.4. The molecule has 1 aromatic rings. The molecule has 0 aliphatic rings. The molecule has 0 bridgehead atoms. The van der Waals surface area contributed by atoms with Gasteiger partial charge in [-0.2, -0.15) is 0 Å². The quantitative estimate of drug-likeness (QED) is 0.853. The maximum atomic E-state index is 11.7. The molecule has 0 fully saturated rings. The van der Waals surface area contributed by atoms with E-state index < -0.39 is 12.0 Å². The normalized spacial score (nSPS) is 11.8. The summed E-state index contributed by atoms with van der Waals surface area (Å²) in [7, 11) is 4.64. The first-order chi connectivity index (χ1) is 8.01. The molecule has 94 valence electrons. The lowest BCUT2D eigenvalue weighted by molar-refractivity contribution is -0.125. The van der Waals surface area contributed by atoms with Gasteiger partial charge in [-0.1, -0.05) is 0 Å². The molecule has 1 rings (SSSR count). The summed E-state index contributed by atoms with van der Waals surface area (Å²) in [5, 5.41) is 9.28. The number of amides is 1. The first-order valence-electron chi connectivity index (χ1n) is 5.19. The Morgan fingerprint density at radius 3 is 2.47 bits per heavy atom. The monoisotopic (exact) mass is 239 g/mol. The molecule has 1 amide bonds. The van der Waals surface area contributed by atoms with Crippen LogP contribution in [-0.4, -0.2) is 38.4 Å². The molecule has 5 heteroatoms. The van der Waals surface area contributed by atoms with Crippen LogP contribution in [0.2, 0.25) is 0 Å². The average molecular weight is 239 g/mol. The largest absolute Gasteiger partial charge is 0.497 e. The molecule has 1 atom stereocenters. The fourth-order valence-corrected chi connectivity index (χ4v) is 1.46. The number of methoxy groups -OCH3 is 2. The molecular formula is C12H17NO4. The summed E-state index contributed by atoms with van der Waals surface area (Å²) in [6, 6.07) is 5.13. The van der Waals surface area contributed by atoms with E-state index >= 15 is 0 Å². The number of carbonyl (C=O) groups excluding carboxylic acids is 1. The molecule has 0 aliphatic heterocycles. The number of aliphatic hydroxyl groups is 1. The van der Waals surface area contributed by atoms with Crippen molar-refractivity contribution < 1.29 is 19.4 Å². The predicted molar refractivity (Wildman–Crippen MR) is 64.6 cm³/mol. The van der Waals surface area contributed by atoms with Gasteiger partial charge >= 0.3 is 0 Å². The molecular weight excluding hydrogens is 222 g/mol. The molecule has 0 radical (unpaired) electrons. The fourth-order valence-electron chi connectivity index (χ4n) is 1.46. The van der Waals surface area contributed by atoms with Crippen LogP contribution >= 0.6 is 0 Å². The molecule has 0 aromatic heterocycles. The van der Waals surface area contributed by atoms with Gasteiger partial charge in [0.25, 0.3) is 5.91 Å². The highest BCUT2D eigenvalue weighted by molar-refractivity contribution is 5.97. The van der Waals surface area contributed by atoms with Gasteiger partial charge in [-0.05, 0) is 19.1 Å². The molecule has 17 heavy (non-hydrogen) atoms. The number of nitrogens with zero attached hydrogens (tertiary/aromatic N) is 1. The topological polar surface area (TPSA) is 59.0 Å². The maximum Gasteiger partial charge on any atom is 0.255 e. The van der Waals surface area contributed by atoms with Crippen LogP contribution in [0.25, 0.3) is 0 Å². The van der Waals surface area contributed by atoms with Crippen molar-refractivity contribution in [1.82, 2.24) is 0 Å². The number of likely N-dealkylation sites (N-methyl/N-ethyl adjacent to an activating group) is 1. The number of aliphatic hydroxyl groups excluding tert-OH is 1. The van der Waals surface area contributed by atoms with E-state index in [1.165, 1.54) is 18.9 Å². The molecule has 0 saturated heterocycles. The van der Waals surface area contributed by atoms with Gasteiger partial charge in [0.15, 0.2) is 0 Å². The van der Waals surface area contributed by atoms with Gasteiger partial charge in [0, 0.05) is 13.1 Å². The second kappa shape index (κ2) is 5.54. The highest BCUT2D eigenvalue weighted by atomic mass is 16.5. The lowest BCUT2D eigenvalue weighted by Gasteiger charge is -2.21. The van der Waals surface area contributed by atoms with E-state index in [2.05, 4.69) is 0 Å². The third kappa shape index (κ3) is 2.88. The Bertz CT molecular complexity index is 403. The molecule has 5 nitrogen and oxygen atoms in total. The van der Waals surface area contributed by atoms with Crippen molar-refractivity contribution >= 4 is 11.6 Å². The van der Waals surface area contributed by atoms with Crippen LogP contribution in [0.4, 0.5) is 5.69 Å². The lowest BCUT2D eigenvalue weighted by atomic mass is 10.2. The van der Waals surface area contributed by atoms with Crippen LogP contribution in [0.15, 0.2) is 18.2 Å². The summed E-state index contributed by atoms with van der Waals surface area (Å²) in [6.07, 6.45) is -1.06. The van der Waals surface area contributed by atoms with Gasteiger partial charge in [0.1, 0.15) is 17.6 Å². The number of carbonyl (C=O) groups is 1. The lowest BCUT2D eigenvalue weighted by Crippen LogP contribution is -2.34. The molecule has 1 aromatic carbocycles. The van der Waals surface area contributed by atoms with Crippen molar-refractivity contribution in [2.45, 2.75) is 13.0 Å². The highest BCUT2D eigenvalue weighted by Gasteiger charge is 2.19. The predicted octanol–water partition coefficient (Wildman–Crippen LogP) is 1.05. The molecule has 0 spiro atoms. The number of hydrogen-bond acceptors (Lipinski definition) is 4. The van der Waals surface area contributed by atoms with E-state index in [1.54, 1.807) is 32.4 Å². The van der Waals surface area contributed by atoms with Crippen molar-refractivity contribution in [3.8, 4) is 11.5 Å². The molecule has 1 unspecified atom stereocenters. The smallest absolute Gasteiger partial charge is 0.255 e. The van der Waals surface area contributed by atoms with Crippen molar-refractivity contribution in [2.75, 3.05) is 26.2 Å². The third-order valence-electron chi connectivity index (χ3n) is 2.44. The first kappa shape index (κ1) is 13.3. The average Bonchev–Trinajstić information content (AvgIpc) is 2.35. The van der Waals surface area contributed by atoms with E-state index in [-0.39, 0.29) is 0 Å². The van der Waals surface area contributed by atoms with Crippen LogP contribution in [0.5, 0.6) is 11.5 Å². The van der Waals surface area contributed by atoms with Crippen LogP contribution < -0.4 is 14.4 Å². The third-order valence-corrected chi connectivity index (χ3v) is 2.44. The second-order valence-electron chi connectivity index (χ2n) is 3.61. The van der Waals surface area contributed by atoms with Crippen LogP contribution in [0, 0.1) is 0 Å². The van der Waals surface area contributed by atoms with Crippen molar-refractivity contribution in [1.29, 1.82) is 0 Å². The van der Waals surface area contributed by atoms with Crippen molar-refractivity contribution in [3.05, 3.63) is 18.2 Å². The van der Waals surface area contributed by atoms with Crippen LogP contribution in [0.1, 0.15) is 6.92 Å². The van der Waals surface area contributed by atoms with Gasteiger partial charge in [-0.3, -0.25) is 4.79 Å². The highest BCUT2D eigenvalue weighted by Crippen LogP contribution is 2.31. The molecule has 1 N–H and O–H groups in total. The molecule has 0 aliphatic carbocycles. The van der Waals surface area contributed by atoms with E-state index in [0.29, 0.717) is 17.2 Å². The van der Waals surface area contributed by atoms with Gasteiger partial charge in [-0.15, -0.1) is 0 Å². The Kier molecular flexibility index (Phi) is 4.34. The molecule has 0 heterocycles. The van der Waals surface area contributed by atoms with E-state index in [1.807, 2.05) is 0 Å². The Labute approximate surface area is 101 Å². The standard InChI is InChI=1S/C12H17NO4/c1-8(14)12(15)13(2)10-7-9(16-3)5-6-11(10)17-4/h5-8,14H,1-4H3. The van der Waals surface area contributed by atoms with E-state index in [4.69, 9.17) is 9.47 Å². The zero-order valence-electron chi connectivity index (χ0n) is 10.4. The summed E-state index contributed by atoms with van der Waals surface area (Å²) < 4.78 is 10.3. The minimum absolute atomic E-state index is 0.406. The summed E-state index contributed by atoms with van der Waals surface area (Å²) in [5.74, 6) is 0.755. The van der Waals surface area contributed by atoms with Crippen molar-refractivity contribution in [3.63, 3.8) is 0 Å². The van der Waals surface area contributed by atoms with Gasteiger partial charge in [0.05, 0.1) is 19.9 Å². The van der Waals surface area contributed by atoms with Gasteiger partial charge < -0.3 is 19.5 Å². The summed E-state index contributed by atoms with van der Waals surface area (Å²) >= 11 is 0. The Morgan fingerprint density at radius 1 is 1.35 bits per heavy atom. The number of ether oxygens (including phenoxy) is 2.